The van der Waals surface area contributed by atoms with Gasteiger partial charge in [0.05, 0.1) is 24.7 Å². The summed E-state index contributed by atoms with van der Waals surface area (Å²) in [6.07, 6.45) is 2.02. The van der Waals surface area contributed by atoms with Gasteiger partial charge in [-0.1, -0.05) is 12.1 Å². The van der Waals surface area contributed by atoms with Crippen molar-refractivity contribution >= 4 is 11.9 Å². The quantitative estimate of drug-likeness (QED) is 0.825. The number of aromatic hydroxyl groups is 1. The third kappa shape index (κ3) is 3.21. The number of carboxylic acids is 1. The van der Waals surface area contributed by atoms with E-state index in [2.05, 4.69) is 0 Å². The molecule has 2 saturated heterocycles. The van der Waals surface area contributed by atoms with Crippen LogP contribution >= 0.6 is 0 Å². The fraction of sp³-hybridized carbons (Fsp3) is 0.619. The average Bonchev–Trinajstić information content (AvgIpc) is 2.65. The molecule has 7 nitrogen and oxygen atoms in total. The van der Waals surface area contributed by atoms with Crippen molar-refractivity contribution in [2.45, 2.75) is 69.8 Å². The van der Waals surface area contributed by atoms with Gasteiger partial charge in [-0.2, -0.15) is 0 Å². The number of amides is 1. The topological polar surface area (TPSA) is 96.3 Å². The number of likely N-dealkylation sites (tertiary alicyclic amines) is 1. The highest BCUT2D eigenvalue weighted by Gasteiger charge is 2.53. The van der Waals surface area contributed by atoms with E-state index in [0.29, 0.717) is 12.3 Å². The normalized spacial score (nSPS) is 30.4. The summed E-state index contributed by atoms with van der Waals surface area (Å²) in [5.41, 5.74) is 0.298. The predicted molar refractivity (Wildman–Crippen MR) is 100 cm³/mol. The maximum atomic E-state index is 12.7. The predicted octanol–water partition coefficient (Wildman–Crippen LogP) is 2.87. The van der Waals surface area contributed by atoms with Crippen molar-refractivity contribution in [3.63, 3.8) is 0 Å². The maximum absolute atomic E-state index is 12.7. The summed E-state index contributed by atoms with van der Waals surface area (Å²) in [5.74, 6) is -0.455. The minimum atomic E-state index is -0.958. The first-order valence-corrected chi connectivity index (χ1v) is 9.95. The number of phenols is 1. The number of rotatable bonds is 3. The summed E-state index contributed by atoms with van der Waals surface area (Å²) in [5, 5.41) is 19.1. The number of carboxylic acid groups (broad SMARTS) is 1. The molecule has 0 spiro atoms. The first-order chi connectivity index (χ1) is 13.3. The highest BCUT2D eigenvalue weighted by molar-refractivity contribution is 5.81. The molecule has 0 saturated carbocycles. The molecule has 1 aromatic carbocycles. The molecule has 3 aliphatic rings. The van der Waals surface area contributed by atoms with E-state index in [1.54, 1.807) is 12.1 Å². The van der Waals surface area contributed by atoms with Gasteiger partial charge in [-0.3, -0.25) is 9.59 Å². The largest absolute Gasteiger partial charge is 0.504 e. The fourth-order valence-electron chi connectivity index (χ4n) is 4.95. The molecule has 28 heavy (non-hydrogen) atoms. The number of aliphatic carboxylic acids is 1. The molecule has 1 aromatic rings. The SMILES string of the molecule is CC1(C)Oc2c(O)cccc2[C@H]2O[C@H]3CCCN(C(=O)CCC(=O)O)[C@H]3C[C@@H]21. The van der Waals surface area contributed by atoms with Crippen LogP contribution in [0.2, 0.25) is 0 Å². The van der Waals surface area contributed by atoms with Crippen LogP contribution in [-0.4, -0.2) is 51.3 Å². The number of phenolic OH excluding ortho intramolecular Hbond substituents is 1. The third-order valence-electron chi connectivity index (χ3n) is 6.36. The molecule has 3 heterocycles. The fourth-order valence-corrected chi connectivity index (χ4v) is 4.95. The molecule has 4 rings (SSSR count). The molecule has 152 valence electrons. The zero-order chi connectivity index (χ0) is 20.1. The van der Waals surface area contributed by atoms with E-state index in [4.69, 9.17) is 14.6 Å². The molecular weight excluding hydrogens is 362 g/mol. The second kappa shape index (κ2) is 6.95. The van der Waals surface area contributed by atoms with Crippen LogP contribution in [0, 0.1) is 5.92 Å². The lowest BCUT2D eigenvalue weighted by Crippen LogP contribution is -2.60. The Bertz CT molecular complexity index is 791. The molecule has 4 atom stereocenters. The van der Waals surface area contributed by atoms with E-state index >= 15 is 0 Å². The summed E-state index contributed by atoms with van der Waals surface area (Å²) in [6, 6.07) is 5.27. The third-order valence-corrected chi connectivity index (χ3v) is 6.36. The van der Waals surface area contributed by atoms with Crippen LogP contribution in [0.4, 0.5) is 0 Å². The van der Waals surface area contributed by atoms with E-state index in [1.165, 1.54) is 0 Å². The molecular formula is C21H27NO6. The molecule has 2 fully saturated rings. The smallest absolute Gasteiger partial charge is 0.303 e. The van der Waals surface area contributed by atoms with Crippen LogP contribution in [0.15, 0.2) is 18.2 Å². The summed E-state index contributed by atoms with van der Waals surface area (Å²) < 4.78 is 12.7. The van der Waals surface area contributed by atoms with Crippen molar-refractivity contribution < 1.29 is 29.3 Å². The Labute approximate surface area is 164 Å². The first kappa shape index (κ1) is 19.1. The van der Waals surface area contributed by atoms with E-state index in [9.17, 15) is 14.7 Å². The second-order valence-electron chi connectivity index (χ2n) is 8.53. The van der Waals surface area contributed by atoms with Crippen LogP contribution in [0.1, 0.15) is 57.6 Å². The van der Waals surface area contributed by atoms with Gasteiger partial charge >= 0.3 is 5.97 Å². The van der Waals surface area contributed by atoms with E-state index in [1.807, 2.05) is 24.8 Å². The number of carbonyl (C=O) groups excluding carboxylic acids is 1. The molecule has 3 aliphatic heterocycles. The van der Waals surface area contributed by atoms with Gasteiger partial charge in [-0.15, -0.1) is 0 Å². The van der Waals surface area contributed by atoms with Crippen LogP contribution in [0.25, 0.3) is 0 Å². The lowest BCUT2D eigenvalue weighted by atomic mass is 9.72. The van der Waals surface area contributed by atoms with Crippen LogP contribution < -0.4 is 4.74 Å². The van der Waals surface area contributed by atoms with Gasteiger partial charge in [0, 0.05) is 24.4 Å². The monoisotopic (exact) mass is 389 g/mol. The molecule has 0 aromatic heterocycles. The number of benzene rings is 1. The highest BCUT2D eigenvalue weighted by Crippen LogP contribution is 2.54. The minimum absolute atomic E-state index is 0.0171. The van der Waals surface area contributed by atoms with Gasteiger partial charge in [0.15, 0.2) is 11.5 Å². The Morgan fingerprint density at radius 3 is 2.82 bits per heavy atom. The number of ether oxygens (including phenoxy) is 2. The van der Waals surface area contributed by atoms with Crippen LogP contribution in [0.5, 0.6) is 11.5 Å². The van der Waals surface area contributed by atoms with Crippen molar-refractivity contribution in [3.05, 3.63) is 23.8 Å². The van der Waals surface area contributed by atoms with Crippen molar-refractivity contribution in [1.29, 1.82) is 0 Å². The highest BCUT2D eigenvalue weighted by atomic mass is 16.5. The Morgan fingerprint density at radius 1 is 1.29 bits per heavy atom. The molecule has 1 amide bonds. The van der Waals surface area contributed by atoms with Gasteiger partial charge in [0.25, 0.3) is 0 Å². The average molecular weight is 389 g/mol. The molecule has 7 heteroatoms. The van der Waals surface area contributed by atoms with Crippen molar-refractivity contribution in [2.75, 3.05) is 6.54 Å². The lowest BCUT2D eigenvalue weighted by molar-refractivity contribution is -0.193. The van der Waals surface area contributed by atoms with Gasteiger partial charge in [-0.05, 0) is 39.2 Å². The number of nitrogens with zero attached hydrogens (tertiary/aromatic N) is 1. The maximum Gasteiger partial charge on any atom is 0.303 e. The van der Waals surface area contributed by atoms with E-state index in [0.717, 1.165) is 24.8 Å². The van der Waals surface area contributed by atoms with Gasteiger partial charge in [-0.25, -0.2) is 0 Å². The Kier molecular flexibility index (Phi) is 4.73. The Balaban J connectivity index is 1.61. The van der Waals surface area contributed by atoms with Crippen molar-refractivity contribution in [3.8, 4) is 11.5 Å². The zero-order valence-corrected chi connectivity index (χ0v) is 16.3. The van der Waals surface area contributed by atoms with E-state index in [-0.39, 0.29) is 48.7 Å². The van der Waals surface area contributed by atoms with Crippen LogP contribution in [-0.2, 0) is 14.3 Å². The summed E-state index contributed by atoms with van der Waals surface area (Å²) in [4.78, 5) is 25.3. The minimum Gasteiger partial charge on any atom is -0.504 e. The van der Waals surface area contributed by atoms with Gasteiger partial charge in [0.1, 0.15) is 5.60 Å². The zero-order valence-electron chi connectivity index (χ0n) is 16.3. The number of para-hydroxylation sites is 1. The number of piperidine rings is 1. The van der Waals surface area contributed by atoms with Gasteiger partial charge < -0.3 is 24.6 Å². The van der Waals surface area contributed by atoms with E-state index < -0.39 is 11.6 Å². The molecule has 0 unspecified atom stereocenters. The molecule has 0 aliphatic carbocycles. The van der Waals surface area contributed by atoms with Crippen molar-refractivity contribution in [2.24, 2.45) is 5.92 Å². The number of hydrogen-bond donors (Lipinski definition) is 2. The number of carbonyl (C=O) groups is 2. The molecule has 0 bridgehead atoms. The molecule has 2 N–H and O–H groups in total. The number of fused-ring (bicyclic) bond motifs is 4. The summed E-state index contributed by atoms with van der Waals surface area (Å²) in [7, 11) is 0. The standard InChI is InChI=1S/C21H27NO6/c1-21(2)13-11-14-16(7-4-10-22(14)17(24)8-9-18(25)26)27-19(13)12-5-3-6-15(23)20(12)28-21/h3,5-6,13-14,16,19,23H,4,7-11H2,1-2H3,(H,25,26)/t13-,14-,16-,19+/m0/s1. The first-order valence-electron chi connectivity index (χ1n) is 9.95. The van der Waals surface area contributed by atoms with Gasteiger partial charge in [0.2, 0.25) is 5.91 Å². The van der Waals surface area contributed by atoms with Crippen molar-refractivity contribution in [1.82, 2.24) is 4.90 Å². The Hall–Kier alpha value is -2.28. The lowest BCUT2D eigenvalue weighted by Gasteiger charge is -2.54. The van der Waals surface area contributed by atoms with Crippen LogP contribution in [0.3, 0.4) is 0 Å². The molecule has 0 radical (unpaired) electrons. The number of hydrogen-bond acceptors (Lipinski definition) is 5. The summed E-state index contributed by atoms with van der Waals surface area (Å²) >= 11 is 0. The second-order valence-corrected chi connectivity index (χ2v) is 8.53. The Morgan fingerprint density at radius 2 is 2.07 bits per heavy atom. The summed E-state index contributed by atoms with van der Waals surface area (Å²) in [6.45, 7) is 4.62.